The monoisotopic (exact) mass is 310 g/mol. The summed E-state index contributed by atoms with van der Waals surface area (Å²) in [6.07, 6.45) is 7.97. The van der Waals surface area contributed by atoms with Crippen molar-refractivity contribution in [1.29, 1.82) is 0 Å². The number of hydrogen-bond donors (Lipinski definition) is 0. The van der Waals surface area contributed by atoms with Gasteiger partial charge in [0, 0.05) is 0 Å². The van der Waals surface area contributed by atoms with Crippen molar-refractivity contribution >= 4 is 0 Å². The fraction of sp³-hybridized carbons (Fsp3) is 0.667. The molecule has 0 saturated heterocycles. The van der Waals surface area contributed by atoms with Gasteiger partial charge in [0.1, 0.15) is 0 Å². The van der Waals surface area contributed by atoms with E-state index in [2.05, 4.69) is 30.7 Å². The summed E-state index contributed by atoms with van der Waals surface area (Å²) >= 11 is 2.40. The van der Waals surface area contributed by atoms with Crippen molar-refractivity contribution in [1.82, 2.24) is 0 Å². The first-order valence-corrected chi connectivity index (χ1v) is 5.11. The Morgan fingerprint density at radius 1 is 1.40 bits per heavy atom. The molecule has 1 heteroatoms. The Bertz CT molecular complexity index is 268. The van der Waals surface area contributed by atoms with E-state index in [1.807, 2.05) is 0 Å². The maximum absolute atomic E-state index is 3.44. The Morgan fingerprint density at radius 3 is 2.60 bits per heavy atom. The topological polar surface area (TPSA) is 0 Å². The van der Waals surface area contributed by atoms with E-state index in [9.17, 15) is 0 Å². The van der Waals surface area contributed by atoms with Gasteiger partial charge >= 0.3 is 71.3 Å². The zero-order valence-electron chi connectivity index (χ0n) is 5.74. The normalized spacial score (nSPS) is 54.4. The van der Waals surface area contributed by atoms with Gasteiger partial charge in [0.25, 0.3) is 0 Å². The predicted molar refractivity (Wildman–Crippen MR) is 35.2 cm³/mol. The quantitative estimate of drug-likeness (QED) is 0.603. The van der Waals surface area contributed by atoms with Crippen molar-refractivity contribution in [3.05, 3.63) is 17.4 Å². The van der Waals surface area contributed by atoms with Crippen LogP contribution in [0.15, 0.2) is 17.4 Å². The van der Waals surface area contributed by atoms with Crippen LogP contribution >= 0.6 is 0 Å². The summed E-state index contributed by atoms with van der Waals surface area (Å²) in [5.41, 5.74) is 5.74. The van der Waals surface area contributed by atoms with E-state index in [-0.39, 0.29) is 0 Å². The molecule has 0 heterocycles. The van der Waals surface area contributed by atoms with Crippen molar-refractivity contribution in [3.63, 3.8) is 0 Å². The van der Waals surface area contributed by atoms with Gasteiger partial charge in [-0.05, 0) is 0 Å². The average molecular weight is 309 g/mol. The van der Waals surface area contributed by atoms with Crippen LogP contribution in [0.5, 0.6) is 0 Å². The average Bonchev–Trinajstić information content (AvgIpc) is 1.92. The standard InChI is InChI=1S/C9H9.Ir/c1-2-8-4-6-9(8)5-3-7(1)9;/h1H,3-6H2;. The molecule has 54 valence electrons. The molecule has 2 atom stereocenters. The molecule has 10 heavy (non-hydrogen) atoms. The number of rotatable bonds is 0. The van der Waals surface area contributed by atoms with Crippen LogP contribution in [-0.2, 0) is 18.9 Å². The van der Waals surface area contributed by atoms with Crippen molar-refractivity contribution < 1.29 is 18.9 Å². The minimum atomic E-state index is 0.556. The van der Waals surface area contributed by atoms with Gasteiger partial charge in [0.15, 0.2) is 0 Å². The molecule has 0 aromatic heterocycles. The van der Waals surface area contributed by atoms with Gasteiger partial charge in [-0.2, -0.15) is 0 Å². The van der Waals surface area contributed by atoms with Crippen molar-refractivity contribution in [2.45, 2.75) is 29.6 Å². The van der Waals surface area contributed by atoms with E-state index in [0.29, 0.717) is 9.34 Å². The molecule has 3 rings (SSSR count). The zero-order valence-corrected chi connectivity index (χ0v) is 8.13. The molecule has 0 radical (unpaired) electrons. The Hall–Kier alpha value is 0.169. The van der Waals surface area contributed by atoms with E-state index < -0.39 is 0 Å². The minimum absolute atomic E-state index is 0.556. The van der Waals surface area contributed by atoms with Gasteiger partial charge in [-0.25, -0.2) is 0 Å². The first-order valence-electron chi connectivity index (χ1n) is 3.91. The van der Waals surface area contributed by atoms with Gasteiger partial charge in [0.05, 0.1) is 0 Å². The third kappa shape index (κ3) is 0.360. The molecule has 0 N–H and O–H groups in total. The Labute approximate surface area is 71.5 Å². The summed E-state index contributed by atoms with van der Waals surface area (Å²) in [5, 5.41) is 0. The second kappa shape index (κ2) is 1.37. The molecule has 0 bridgehead atoms. The SMILES string of the molecule is [Ir][C]12C=C=C3CCC31CC2. The van der Waals surface area contributed by atoms with Crippen molar-refractivity contribution in [2.75, 3.05) is 0 Å². The van der Waals surface area contributed by atoms with Crippen LogP contribution in [0.3, 0.4) is 0 Å². The summed E-state index contributed by atoms with van der Waals surface area (Å²) in [6.45, 7) is 0. The van der Waals surface area contributed by atoms with E-state index in [1.54, 1.807) is 5.57 Å². The Balaban J connectivity index is 2.17. The third-order valence-corrected chi connectivity index (χ3v) is 5.62. The number of allylic oxidation sites excluding steroid dienone is 1. The van der Waals surface area contributed by atoms with Crippen LogP contribution < -0.4 is 0 Å². The van der Waals surface area contributed by atoms with Gasteiger partial charge in [-0.3, -0.25) is 0 Å². The molecule has 2 unspecified atom stereocenters. The zero-order chi connectivity index (χ0) is 6.82. The summed E-state index contributed by atoms with van der Waals surface area (Å²) in [4.78, 5) is 0. The summed E-state index contributed by atoms with van der Waals surface area (Å²) in [7, 11) is 0. The fourth-order valence-electron chi connectivity index (χ4n) is 2.55. The van der Waals surface area contributed by atoms with Crippen molar-refractivity contribution in [2.24, 2.45) is 5.41 Å². The third-order valence-electron chi connectivity index (χ3n) is 3.53. The number of hydrogen-bond acceptors (Lipinski definition) is 0. The molecule has 0 aromatic rings. The van der Waals surface area contributed by atoms with E-state index in [0.717, 1.165) is 0 Å². The van der Waals surface area contributed by atoms with Crippen molar-refractivity contribution in [3.8, 4) is 0 Å². The first kappa shape index (κ1) is 5.77. The van der Waals surface area contributed by atoms with E-state index in [1.165, 1.54) is 25.7 Å². The second-order valence-electron chi connectivity index (χ2n) is 3.67. The Morgan fingerprint density at radius 2 is 2.30 bits per heavy atom. The van der Waals surface area contributed by atoms with Crippen LogP contribution in [0.4, 0.5) is 0 Å². The molecule has 1 spiro atoms. The predicted octanol–water partition coefficient (Wildman–Crippen LogP) is 2.36. The van der Waals surface area contributed by atoms with Gasteiger partial charge in [-0.15, -0.1) is 0 Å². The molecular weight excluding hydrogens is 300 g/mol. The van der Waals surface area contributed by atoms with Crippen LogP contribution in [0, 0.1) is 5.41 Å². The fourth-order valence-corrected chi connectivity index (χ4v) is 3.98. The summed E-state index contributed by atoms with van der Waals surface area (Å²) in [6, 6.07) is 0. The van der Waals surface area contributed by atoms with Gasteiger partial charge < -0.3 is 0 Å². The van der Waals surface area contributed by atoms with E-state index in [4.69, 9.17) is 0 Å². The van der Waals surface area contributed by atoms with Crippen LogP contribution in [0.25, 0.3) is 0 Å². The van der Waals surface area contributed by atoms with E-state index >= 15 is 0 Å². The van der Waals surface area contributed by atoms with Crippen LogP contribution in [-0.4, -0.2) is 0 Å². The molecule has 0 amide bonds. The summed E-state index contributed by atoms with van der Waals surface area (Å²) < 4.78 is 0.556. The maximum atomic E-state index is 3.44. The second-order valence-corrected chi connectivity index (χ2v) is 5.81. The first-order chi connectivity index (χ1) is 4.77. The molecule has 3 aliphatic carbocycles. The molecule has 0 aromatic carbocycles. The van der Waals surface area contributed by atoms with Crippen LogP contribution in [0.2, 0.25) is 3.93 Å². The summed E-state index contributed by atoms with van der Waals surface area (Å²) in [5.74, 6) is 0. The Kier molecular flexibility index (Phi) is 0.788. The van der Waals surface area contributed by atoms with Crippen LogP contribution in [0.1, 0.15) is 25.7 Å². The molecular formula is C9H9Ir. The molecule has 2 fully saturated rings. The molecule has 2 saturated carbocycles. The molecule has 0 aliphatic heterocycles. The molecule has 0 nitrogen and oxygen atoms in total. The molecule has 3 aliphatic rings. The van der Waals surface area contributed by atoms with Gasteiger partial charge in [-0.1, -0.05) is 0 Å². The van der Waals surface area contributed by atoms with Gasteiger partial charge in [0.2, 0.25) is 0 Å².